The molecule has 1 aromatic carbocycles. The maximum absolute atomic E-state index is 12.4. The Morgan fingerprint density at radius 3 is 2.46 bits per heavy atom. The summed E-state index contributed by atoms with van der Waals surface area (Å²) in [5.41, 5.74) is 6.31. The van der Waals surface area contributed by atoms with Crippen LogP contribution in [0.1, 0.15) is 38.7 Å². The van der Waals surface area contributed by atoms with Gasteiger partial charge in [-0.05, 0) is 52.9 Å². The summed E-state index contributed by atoms with van der Waals surface area (Å²) >= 11 is 3.20. The second-order valence-corrected chi connectivity index (χ2v) is 6.61. The molecule has 0 spiro atoms. The van der Waals surface area contributed by atoms with Gasteiger partial charge in [0.15, 0.2) is 6.61 Å². The van der Waals surface area contributed by atoms with E-state index in [1.165, 1.54) is 6.07 Å². The Morgan fingerprint density at radius 2 is 1.96 bits per heavy atom. The predicted molar refractivity (Wildman–Crippen MR) is 88.9 cm³/mol. The third-order valence-electron chi connectivity index (χ3n) is 3.19. The van der Waals surface area contributed by atoms with Crippen molar-refractivity contribution in [3.8, 4) is 5.75 Å². The van der Waals surface area contributed by atoms with Crippen molar-refractivity contribution in [3.63, 3.8) is 0 Å². The summed E-state index contributed by atoms with van der Waals surface area (Å²) in [5, 5.41) is 0. The molecule has 0 aromatic heterocycles. The zero-order chi connectivity index (χ0) is 18.5. The van der Waals surface area contributed by atoms with Crippen molar-refractivity contribution in [2.45, 2.75) is 39.3 Å². The summed E-state index contributed by atoms with van der Waals surface area (Å²) < 4.78 is 47.4. The van der Waals surface area contributed by atoms with Crippen LogP contribution < -0.4 is 10.5 Å². The van der Waals surface area contributed by atoms with Gasteiger partial charge < -0.3 is 15.2 Å². The fourth-order valence-corrected chi connectivity index (χ4v) is 2.64. The number of esters is 1. The van der Waals surface area contributed by atoms with Gasteiger partial charge in [-0.2, -0.15) is 13.2 Å². The maximum Gasteiger partial charge on any atom is 0.422 e. The lowest BCUT2D eigenvalue weighted by Gasteiger charge is -2.20. The van der Waals surface area contributed by atoms with E-state index in [0.29, 0.717) is 16.5 Å². The molecule has 1 aromatic rings. The largest absolute Gasteiger partial charge is 0.482 e. The minimum atomic E-state index is -4.48. The molecule has 136 valence electrons. The van der Waals surface area contributed by atoms with Gasteiger partial charge in [-0.3, -0.25) is 4.79 Å². The molecule has 24 heavy (non-hydrogen) atoms. The zero-order valence-electron chi connectivity index (χ0n) is 13.7. The van der Waals surface area contributed by atoms with Gasteiger partial charge in [-0.25, -0.2) is 0 Å². The van der Waals surface area contributed by atoms with Crippen LogP contribution in [-0.2, 0) is 9.53 Å². The van der Waals surface area contributed by atoms with Gasteiger partial charge >= 0.3 is 12.1 Å². The van der Waals surface area contributed by atoms with Crippen LogP contribution in [0, 0.1) is 5.92 Å². The molecule has 0 radical (unpaired) electrons. The van der Waals surface area contributed by atoms with Gasteiger partial charge in [0.25, 0.3) is 0 Å². The molecule has 0 saturated carbocycles. The number of anilines is 1. The molecule has 0 saturated heterocycles. The molecular weight excluding hydrogens is 391 g/mol. The van der Waals surface area contributed by atoms with E-state index in [1.807, 2.05) is 13.8 Å². The predicted octanol–water partition coefficient (Wildman–Crippen LogP) is 4.67. The van der Waals surface area contributed by atoms with Gasteiger partial charge in [0, 0.05) is 4.47 Å². The Morgan fingerprint density at radius 1 is 1.33 bits per heavy atom. The van der Waals surface area contributed by atoms with Crippen LogP contribution in [0.3, 0.4) is 0 Å². The average molecular weight is 412 g/mol. The van der Waals surface area contributed by atoms with Crippen molar-refractivity contribution in [2.24, 2.45) is 5.92 Å². The number of nitrogens with two attached hydrogens (primary N) is 1. The molecule has 0 fully saturated rings. The first-order valence-electron chi connectivity index (χ1n) is 7.50. The maximum atomic E-state index is 12.4. The van der Waals surface area contributed by atoms with Crippen LogP contribution in [0.15, 0.2) is 16.6 Å². The first-order valence-corrected chi connectivity index (χ1v) is 8.29. The highest BCUT2D eigenvalue weighted by Crippen LogP contribution is 2.37. The lowest BCUT2D eigenvalue weighted by atomic mass is 9.90. The summed E-state index contributed by atoms with van der Waals surface area (Å²) in [6.07, 6.45) is -3.98. The van der Waals surface area contributed by atoms with E-state index in [-0.39, 0.29) is 24.0 Å². The highest BCUT2D eigenvalue weighted by atomic mass is 79.9. The average Bonchev–Trinajstić information content (AvgIpc) is 2.45. The summed E-state index contributed by atoms with van der Waals surface area (Å²) in [7, 11) is 0. The van der Waals surface area contributed by atoms with Crippen molar-refractivity contribution in [2.75, 3.05) is 18.9 Å². The standard InChI is InChI=1S/C16H21BrF3NO3/c1-4-23-15(22)11(5-9(2)3)10-6-12(17)14(21)13(7-10)24-8-16(18,19)20/h6-7,9,11H,4-5,8,21H2,1-3H3. The Hall–Kier alpha value is -1.44. The van der Waals surface area contributed by atoms with Crippen molar-refractivity contribution < 1.29 is 27.4 Å². The number of benzene rings is 1. The van der Waals surface area contributed by atoms with E-state index < -0.39 is 24.7 Å². The van der Waals surface area contributed by atoms with Gasteiger partial charge in [0.05, 0.1) is 18.2 Å². The summed E-state index contributed by atoms with van der Waals surface area (Å²) in [6.45, 7) is 4.35. The number of hydrogen-bond acceptors (Lipinski definition) is 4. The monoisotopic (exact) mass is 411 g/mol. The number of carbonyl (C=O) groups is 1. The topological polar surface area (TPSA) is 61.5 Å². The Kier molecular flexibility index (Phi) is 7.38. The molecule has 0 bridgehead atoms. The molecule has 1 atom stereocenters. The SMILES string of the molecule is CCOC(=O)C(CC(C)C)c1cc(Br)c(N)c(OCC(F)(F)F)c1. The fourth-order valence-electron chi connectivity index (χ4n) is 2.18. The van der Waals surface area contributed by atoms with Crippen molar-refractivity contribution in [3.05, 3.63) is 22.2 Å². The lowest BCUT2D eigenvalue weighted by Crippen LogP contribution is -2.21. The van der Waals surface area contributed by atoms with Crippen LogP contribution in [0.2, 0.25) is 0 Å². The molecular formula is C16H21BrF3NO3. The number of carbonyl (C=O) groups excluding carboxylic acids is 1. The number of halogens is 4. The number of nitrogen functional groups attached to an aromatic ring is 1. The van der Waals surface area contributed by atoms with Crippen LogP contribution in [-0.4, -0.2) is 25.4 Å². The third-order valence-corrected chi connectivity index (χ3v) is 3.84. The van der Waals surface area contributed by atoms with E-state index in [4.69, 9.17) is 15.2 Å². The van der Waals surface area contributed by atoms with Gasteiger partial charge in [0.1, 0.15) is 5.75 Å². The molecule has 0 heterocycles. The molecule has 0 amide bonds. The second kappa shape index (κ2) is 8.60. The van der Waals surface area contributed by atoms with E-state index in [9.17, 15) is 18.0 Å². The number of ether oxygens (including phenoxy) is 2. The van der Waals surface area contributed by atoms with Crippen molar-refractivity contribution >= 4 is 27.6 Å². The highest BCUT2D eigenvalue weighted by Gasteiger charge is 2.30. The number of hydrogen-bond donors (Lipinski definition) is 1. The first-order chi connectivity index (χ1) is 11.0. The molecule has 8 heteroatoms. The smallest absolute Gasteiger partial charge is 0.422 e. The third kappa shape index (κ3) is 6.22. The molecule has 2 N–H and O–H groups in total. The highest BCUT2D eigenvalue weighted by molar-refractivity contribution is 9.10. The first kappa shape index (κ1) is 20.6. The molecule has 4 nitrogen and oxygen atoms in total. The van der Waals surface area contributed by atoms with Crippen molar-refractivity contribution in [1.29, 1.82) is 0 Å². The molecule has 0 aliphatic carbocycles. The lowest BCUT2D eigenvalue weighted by molar-refractivity contribution is -0.153. The zero-order valence-corrected chi connectivity index (χ0v) is 15.3. The van der Waals surface area contributed by atoms with E-state index in [1.54, 1.807) is 13.0 Å². The number of alkyl halides is 3. The molecule has 1 unspecified atom stereocenters. The van der Waals surface area contributed by atoms with E-state index in [0.717, 1.165) is 0 Å². The Balaban J connectivity index is 3.19. The molecule has 0 aliphatic heterocycles. The molecule has 0 aliphatic rings. The van der Waals surface area contributed by atoms with Crippen LogP contribution >= 0.6 is 15.9 Å². The molecule has 1 rings (SSSR count). The van der Waals surface area contributed by atoms with Gasteiger partial charge in [0.2, 0.25) is 0 Å². The van der Waals surface area contributed by atoms with Crippen LogP contribution in [0.4, 0.5) is 18.9 Å². The van der Waals surface area contributed by atoms with E-state index in [2.05, 4.69) is 15.9 Å². The summed E-state index contributed by atoms with van der Waals surface area (Å²) in [5.74, 6) is -0.954. The van der Waals surface area contributed by atoms with Gasteiger partial charge in [-0.1, -0.05) is 13.8 Å². The Bertz CT molecular complexity index is 576. The van der Waals surface area contributed by atoms with Crippen molar-refractivity contribution in [1.82, 2.24) is 0 Å². The number of rotatable bonds is 7. The minimum absolute atomic E-state index is 0.0511. The Labute approximate surface area is 147 Å². The second-order valence-electron chi connectivity index (χ2n) is 5.75. The summed E-state index contributed by atoms with van der Waals surface area (Å²) in [4.78, 5) is 12.2. The normalized spacial score (nSPS) is 13.0. The fraction of sp³-hybridized carbons (Fsp3) is 0.562. The quantitative estimate of drug-likeness (QED) is 0.523. The summed E-state index contributed by atoms with van der Waals surface area (Å²) in [6, 6.07) is 2.98. The van der Waals surface area contributed by atoms with Crippen LogP contribution in [0.5, 0.6) is 5.75 Å². The van der Waals surface area contributed by atoms with Crippen LogP contribution in [0.25, 0.3) is 0 Å². The minimum Gasteiger partial charge on any atom is -0.482 e. The van der Waals surface area contributed by atoms with E-state index >= 15 is 0 Å². The van der Waals surface area contributed by atoms with Gasteiger partial charge in [-0.15, -0.1) is 0 Å².